The zero-order valence-electron chi connectivity index (χ0n) is 16.1. The number of urea groups is 1. The fourth-order valence-corrected chi connectivity index (χ4v) is 3.46. The lowest BCUT2D eigenvalue weighted by atomic mass is 10.0. The van der Waals surface area contributed by atoms with Crippen molar-refractivity contribution in [3.63, 3.8) is 0 Å². The lowest BCUT2D eigenvalue weighted by Crippen LogP contribution is -2.49. The molecule has 144 valence electrons. The molecule has 1 aromatic heterocycles. The maximum atomic E-state index is 12.6. The number of likely N-dealkylation sites (N-methyl/N-ethyl adjacent to an activating group) is 1. The fourth-order valence-electron chi connectivity index (χ4n) is 3.46. The second-order valence-electron chi connectivity index (χ2n) is 7.29. The molecule has 6 heteroatoms. The van der Waals surface area contributed by atoms with Crippen LogP contribution < -0.4 is 15.5 Å². The average molecular weight is 367 g/mol. The van der Waals surface area contributed by atoms with Gasteiger partial charge in [0.2, 0.25) is 0 Å². The van der Waals surface area contributed by atoms with Crippen molar-refractivity contribution in [2.45, 2.75) is 24.9 Å². The van der Waals surface area contributed by atoms with Gasteiger partial charge in [0, 0.05) is 31.9 Å². The Morgan fingerprint density at radius 1 is 1.15 bits per heavy atom. The van der Waals surface area contributed by atoms with Crippen molar-refractivity contribution in [1.82, 2.24) is 20.5 Å². The van der Waals surface area contributed by atoms with E-state index in [9.17, 15) is 4.79 Å². The number of hydrogen-bond donors (Lipinski definition) is 2. The number of carbonyl (C=O) groups excluding carboxylic acids is 1. The molecule has 0 aliphatic carbocycles. The van der Waals surface area contributed by atoms with Crippen LogP contribution in [0.3, 0.4) is 0 Å². The Labute approximate surface area is 161 Å². The molecule has 2 N–H and O–H groups in total. The molecule has 2 amide bonds. The molecule has 1 saturated heterocycles. The molecule has 1 unspecified atom stereocenters. The van der Waals surface area contributed by atoms with E-state index in [0.29, 0.717) is 0 Å². The minimum Gasteiger partial charge on any atom is -0.356 e. The summed E-state index contributed by atoms with van der Waals surface area (Å²) < 4.78 is 0. The minimum atomic E-state index is -0.0954. The van der Waals surface area contributed by atoms with Crippen LogP contribution in [0.1, 0.15) is 24.4 Å². The number of carbonyl (C=O) groups is 1. The smallest absolute Gasteiger partial charge is 0.315 e. The van der Waals surface area contributed by atoms with Gasteiger partial charge in [0.1, 0.15) is 5.82 Å². The molecule has 3 rings (SSSR count). The van der Waals surface area contributed by atoms with Crippen molar-refractivity contribution in [2.24, 2.45) is 0 Å². The van der Waals surface area contributed by atoms with Crippen LogP contribution in [-0.2, 0) is 0 Å². The van der Waals surface area contributed by atoms with Crippen LogP contribution in [0.25, 0.3) is 0 Å². The number of benzene rings is 1. The molecule has 6 nitrogen and oxygen atoms in total. The molecule has 2 heterocycles. The number of piperidine rings is 1. The first kappa shape index (κ1) is 19.2. The zero-order chi connectivity index (χ0) is 19.1. The molecule has 1 aliphatic rings. The Hall–Kier alpha value is -2.60. The highest BCUT2D eigenvalue weighted by Gasteiger charge is 2.23. The lowest BCUT2D eigenvalue weighted by Gasteiger charge is -2.33. The van der Waals surface area contributed by atoms with Crippen molar-refractivity contribution < 1.29 is 4.79 Å². The van der Waals surface area contributed by atoms with Crippen LogP contribution in [0, 0.1) is 0 Å². The highest BCUT2D eigenvalue weighted by atomic mass is 16.2. The Morgan fingerprint density at radius 3 is 2.48 bits per heavy atom. The van der Waals surface area contributed by atoms with Gasteiger partial charge >= 0.3 is 6.03 Å². The van der Waals surface area contributed by atoms with E-state index in [-0.39, 0.29) is 18.1 Å². The van der Waals surface area contributed by atoms with Crippen LogP contribution >= 0.6 is 0 Å². The molecule has 0 spiro atoms. The molecule has 1 atom stereocenters. The second kappa shape index (κ2) is 9.37. The highest BCUT2D eigenvalue weighted by molar-refractivity contribution is 5.74. The van der Waals surface area contributed by atoms with Gasteiger partial charge in [0.05, 0.1) is 6.04 Å². The van der Waals surface area contributed by atoms with Crippen molar-refractivity contribution in [3.05, 3.63) is 60.3 Å². The molecule has 2 aromatic rings. The monoisotopic (exact) mass is 367 g/mol. The van der Waals surface area contributed by atoms with E-state index in [1.807, 2.05) is 56.7 Å². The average Bonchev–Trinajstić information content (AvgIpc) is 2.69. The second-order valence-corrected chi connectivity index (χ2v) is 7.29. The Kier molecular flexibility index (Phi) is 6.65. The summed E-state index contributed by atoms with van der Waals surface area (Å²) >= 11 is 0. The van der Waals surface area contributed by atoms with Gasteiger partial charge < -0.3 is 20.4 Å². The van der Waals surface area contributed by atoms with Gasteiger partial charge in [-0.15, -0.1) is 0 Å². The largest absolute Gasteiger partial charge is 0.356 e. The number of rotatable bonds is 6. The van der Waals surface area contributed by atoms with E-state index in [4.69, 9.17) is 0 Å². The van der Waals surface area contributed by atoms with Crippen LogP contribution in [0.2, 0.25) is 0 Å². The first-order valence-electron chi connectivity index (χ1n) is 9.54. The summed E-state index contributed by atoms with van der Waals surface area (Å²) in [6, 6.07) is 16.2. The topological polar surface area (TPSA) is 60.5 Å². The zero-order valence-corrected chi connectivity index (χ0v) is 16.1. The summed E-state index contributed by atoms with van der Waals surface area (Å²) in [4.78, 5) is 21.3. The molecule has 0 radical (unpaired) electrons. The molecular formula is C21H29N5O. The van der Waals surface area contributed by atoms with Crippen molar-refractivity contribution >= 4 is 11.8 Å². The normalized spacial score (nSPS) is 16.2. The summed E-state index contributed by atoms with van der Waals surface area (Å²) in [5.74, 6) is 1.01. The van der Waals surface area contributed by atoms with Gasteiger partial charge in [-0.3, -0.25) is 0 Å². The van der Waals surface area contributed by atoms with Crippen LogP contribution in [0.15, 0.2) is 54.7 Å². The third kappa shape index (κ3) is 5.69. The number of aromatic nitrogens is 1. The maximum Gasteiger partial charge on any atom is 0.315 e. The van der Waals surface area contributed by atoms with E-state index >= 15 is 0 Å². The number of pyridine rings is 1. The number of nitrogens with one attached hydrogen (secondary N) is 2. The van der Waals surface area contributed by atoms with E-state index < -0.39 is 0 Å². The standard InChI is InChI=1S/C21H29N5O/c1-25(2)16-19(17-8-4-3-5-9-17)24-21(27)23-18-11-14-26(15-12-18)20-10-6-7-13-22-20/h3-10,13,18-19H,11-12,14-16H2,1-2H3,(H2,23,24,27). The van der Waals surface area contributed by atoms with Gasteiger partial charge in [-0.2, -0.15) is 0 Å². The fraction of sp³-hybridized carbons (Fsp3) is 0.429. The number of hydrogen-bond acceptors (Lipinski definition) is 4. The van der Waals surface area contributed by atoms with E-state index in [0.717, 1.165) is 43.9 Å². The van der Waals surface area contributed by atoms with E-state index in [1.165, 1.54) is 0 Å². The van der Waals surface area contributed by atoms with Crippen LogP contribution in [0.5, 0.6) is 0 Å². The molecule has 0 bridgehead atoms. The third-order valence-corrected chi connectivity index (χ3v) is 4.86. The number of nitrogens with zero attached hydrogens (tertiary/aromatic N) is 3. The summed E-state index contributed by atoms with van der Waals surface area (Å²) in [5.41, 5.74) is 1.12. The van der Waals surface area contributed by atoms with Crippen molar-refractivity contribution in [1.29, 1.82) is 0 Å². The van der Waals surface area contributed by atoms with Gasteiger partial charge in [-0.1, -0.05) is 36.4 Å². The first-order chi connectivity index (χ1) is 13.1. The Bertz CT molecular complexity index is 699. The van der Waals surface area contributed by atoms with Crippen LogP contribution in [-0.4, -0.2) is 55.7 Å². The first-order valence-corrected chi connectivity index (χ1v) is 9.54. The quantitative estimate of drug-likeness (QED) is 0.824. The van der Waals surface area contributed by atoms with Gasteiger partial charge in [0.25, 0.3) is 0 Å². The summed E-state index contributed by atoms with van der Waals surface area (Å²) in [6.45, 7) is 2.57. The SMILES string of the molecule is CN(C)CC(NC(=O)NC1CCN(c2ccccn2)CC1)c1ccccc1. The van der Waals surface area contributed by atoms with Crippen LogP contribution in [0.4, 0.5) is 10.6 Å². The van der Waals surface area contributed by atoms with Gasteiger partial charge in [-0.05, 0) is 44.6 Å². The number of amides is 2. The molecule has 27 heavy (non-hydrogen) atoms. The minimum absolute atomic E-state index is 0.0326. The molecule has 1 fully saturated rings. The maximum absolute atomic E-state index is 12.6. The summed E-state index contributed by atoms with van der Waals surface area (Å²) in [7, 11) is 4.03. The predicted molar refractivity (Wildman–Crippen MR) is 109 cm³/mol. The number of anilines is 1. The van der Waals surface area contributed by atoms with E-state index in [2.05, 4.69) is 37.6 Å². The van der Waals surface area contributed by atoms with Gasteiger partial charge in [-0.25, -0.2) is 9.78 Å². The van der Waals surface area contributed by atoms with Crippen molar-refractivity contribution in [2.75, 3.05) is 38.6 Å². The summed E-state index contributed by atoms with van der Waals surface area (Å²) in [5, 5.41) is 6.29. The van der Waals surface area contributed by atoms with Gasteiger partial charge in [0.15, 0.2) is 0 Å². The predicted octanol–water partition coefficient (Wildman–Crippen LogP) is 2.65. The summed E-state index contributed by atoms with van der Waals surface area (Å²) in [6.07, 6.45) is 3.67. The Balaban J connectivity index is 1.51. The van der Waals surface area contributed by atoms with Crippen molar-refractivity contribution in [3.8, 4) is 0 Å². The molecule has 0 saturated carbocycles. The molecule has 1 aromatic carbocycles. The Morgan fingerprint density at radius 2 is 1.85 bits per heavy atom. The lowest BCUT2D eigenvalue weighted by molar-refractivity contribution is 0.226. The highest BCUT2D eigenvalue weighted by Crippen LogP contribution is 2.18. The molecule has 1 aliphatic heterocycles. The molecular weight excluding hydrogens is 338 g/mol. The third-order valence-electron chi connectivity index (χ3n) is 4.86. The van der Waals surface area contributed by atoms with E-state index in [1.54, 1.807) is 0 Å².